The number of unbranched alkanes of at least 4 members (excludes halogenated alkanes) is 9. The number of hydrogen-bond acceptors (Lipinski definition) is 2. The van der Waals surface area contributed by atoms with Crippen LogP contribution in [0.1, 0.15) is 78.1 Å². The lowest BCUT2D eigenvalue weighted by Gasteiger charge is -2.02. The highest BCUT2D eigenvalue weighted by atomic mass is 16.5. The van der Waals surface area contributed by atoms with Gasteiger partial charge in [-0.1, -0.05) is 70.6 Å². The molecular weight excluding hydrogens is 224 g/mol. The third-order valence-corrected chi connectivity index (χ3v) is 2.96. The van der Waals surface area contributed by atoms with Gasteiger partial charge in [-0.15, -0.1) is 0 Å². The van der Waals surface area contributed by atoms with Gasteiger partial charge in [0.2, 0.25) is 0 Å². The fourth-order valence-corrected chi connectivity index (χ4v) is 1.89. The molecule has 0 aliphatic carbocycles. The second-order valence-electron chi connectivity index (χ2n) is 4.69. The molecule has 0 bridgehead atoms. The van der Waals surface area contributed by atoms with Crippen LogP contribution in [0.15, 0.2) is 0 Å². The van der Waals surface area contributed by atoms with E-state index in [9.17, 15) is 4.79 Å². The lowest BCUT2D eigenvalue weighted by atomic mass is 10.1. The predicted octanol–water partition coefficient (Wildman–Crippen LogP) is 4.47. The van der Waals surface area contributed by atoms with Crippen LogP contribution in [-0.2, 0) is 9.53 Å². The lowest BCUT2D eigenvalue weighted by Crippen LogP contribution is -2.02. The van der Waals surface area contributed by atoms with Crippen LogP contribution >= 0.6 is 0 Å². The van der Waals surface area contributed by atoms with Crippen molar-refractivity contribution in [3.63, 3.8) is 0 Å². The van der Waals surface area contributed by atoms with Gasteiger partial charge in [0, 0.05) is 5.92 Å². The Kier molecular flexibility index (Phi) is 13.3. The Balaban J connectivity index is 3.07. The summed E-state index contributed by atoms with van der Waals surface area (Å²) in [5, 5.41) is 0. The van der Waals surface area contributed by atoms with Crippen LogP contribution in [0.25, 0.3) is 0 Å². The molecule has 0 aliphatic heterocycles. The van der Waals surface area contributed by atoms with Gasteiger partial charge in [-0.05, 0) is 13.3 Å². The monoisotopic (exact) mass is 252 g/mol. The SMILES string of the molecule is CC#CC(=O)OCCCCCCCCCCCC. The van der Waals surface area contributed by atoms with E-state index in [0.29, 0.717) is 6.61 Å². The van der Waals surface area contributed by atoms with Gasteiger partial charge in [-0.2, -0.15) is 0 Å². The maximum atomic E-state index is 10.9. The largest absolute Gasteiger partial charge is 0.456 e. The molecule has 0 saturated carbocycles. The molecule has 0 aromatic rings. The normalized spacial score (nSPS) is 9.67. The van der Waals surface area contributed by atoms with Crippen LogP contribution in [-0.4, -0.2) is 12.6 Å². The number of carbonyl (C=O) groups is 1. The van der Waals surface area contributed by atoms with Crippen LogP contribution in [0.3, 0.4) is 0 Å². The number of esters is 1. The van der Waals surface area contributed by atoms with E-state index in [-0.39, 0.29) is 0 Å². The van der Waals surface area contributed by atoms with Crippen molar-refractivity contribution in [1.29, 1.82) is 0 Å². The first-order valence-corrected chi connectivity index (χ1v) is 7.40. The van der Waals surface area contributed by atoms with Crippen molar-refractivity contribution in [2.75, 3.05) is 6.61 Å². The van der Waals surface area contributed by atoms with Gasteiger partial charge in [-0.3, -0.25) is 0 Å². The molecule has 0 heterocycles. The first-order chi connectivity index (χ1) is 8.81. The minimum atomic E-state index is -0.395. The third-order valence-electron chi connectivity index (χ3n) is 2.96. The van der Waals surface area contributed by atoms with Crippen LogP contribution in [0.2, 0.25) is 0 Å². The summed E-state index contributed by atoms with van der Waals surface area (Å²) in [6, 6.07) is 0. The Morgan fingerprint density at radius 3 is 1.89 bits per heavy atom. The molecular formula is C16H28O2. The maximum absolute atomic E-state index is 10.9. The van der Waals surface area contributed by atoms with E-state index in [0.717, 1.165) is 12.8 Å². The summed E-state index contributed by atoms with van der Waals surface area (Å²) in [7, 11) is 0. The molecule has 0 aromatic heterocycles. The molecule has 0 saturated heterocycles. The molecule has 0 atom stereocenters. The van der Waals surface area contributed by atoms with E-state index in [1.165, 1.54) is 51.4 Å². The minimum Gasteiger partial charge on any atom is -0.456 e. The molecule has 0 aliphatic rings. The Morgan fingerprint density at radius 2 is 1.39 bits per heavy atom. The van der Waals surface area contributed by atoms with Crippen molar-refractivity contribution in [1.82, 2.24) is 0 Å². The average molecular weight is 252 g/mol. The molecule has 18 heavy (non-hydrogen) atoms. The van der Waals surface area contributed by atoms with Crippen molar-refractivity contribution in [3.8, 4) is 11.8 Å². The molecule has 0 fully saturated rings. The summed E-state index contributed by atoms with van der Waals surface area (Å²) in [6.07, 6.45) is 12.9. The number of carbonyl (C=O) groups excluding carboxylic acids is 1. The summed E-state index contributed by atoms with van der Waals surface area (Å²) in [5.74, 6) is 4.51. The highest BCUT2D eigenvalue weighted by Crippen LogP contribution is 2.10. The number of hydrogen-bond donors (Lipinski definition) is 0. The van der Waals surface area contributed by atoms with Crippen molar-refractivity contribution < 1.29 is 9.53 Å². The van der Waals surface area contributed by atoms with Gasteiger partial charge in [0.05, 0.1) is 6.61 Å². The molecule has 0 spiro atoms. The van der Waals surface area contributed by atoms with Crippen molar-refractivity contribution in [3.05, 3.63) is 0 Å². The van der Waals surface area contributed by atoms with E-state index >= 15 is 0 Å². The van der Waals surface area contributed by atoms with Gasteiger partial charge in [0.1, 0.15) is 0 Å². The Morgan fingerprint density at radius 1 is 0.889 bits per heavy atom. The van der Waals surface area contributed by atoms with E-state index in [2.05, 4.69) is 18.8 Å². The molecule has 0 rings (SSSR count). The maximum Gasteiger partial charge on any atom is 0.384 e. The predicted molar refractivity (Wildman–Crippen MR) is 76.3 cm³/mol. The molecule has 0 aromatic carbocycles. The number of rotatable bonds is 11. The van der Waals surface area contributed by atoms with Crippen molar-refractivity contribution in [2.45, 2.75) is 78.1 Å². The van der Waals surface area contributed by atoms with Gasteiger partial charge in [0.25, 0.3) is 0 Å². The number of ether oxygens (including phenoxy) is 1. The van der Waals surface area contributed by atoms with E-state index in [4.69, 9.17) is 4.74 Å². The minimum absolute atomic E-state index is 0.395. The molecule has 2 nitrogen and oxygen atoms in total. The van der Waals surface area contributed by atoms with Crippen LogP contribution in [0, 0.1) is 11.8 Å². The Bertz CT molecular complexity index is 248. The zero-order chi connectivity index (χ0) is 13.5. The van der Waals surface area contributed by atoms with Gasteiger partial charge in [-0.25, -0.2) is 4.79 Å². The topological polar surface area (TPSA) is 26.3 Å². The van der Waals surface area contributed by atoms with Crippen LogP contribution in [0.5, 0.6) is 0 Å². The molecule has 104 valence electrons. The van der Waals surface area contributed by atoms with Crippen LogP contribution in [0.4, 0.5) is 0 Å². The zero-order valence-corrected chi connectivity index (χ0v) is 12.1. The second kappa shape index (κ2) is 14.1. The molecule has 0 unspecified atom stereocenters. The quantitative estimate of drug-likeness (QED) is 0.235. The Labute approximate surface area is 112 Å². The van der Waals surface area contributed by atoms with Crippen molar-refractivity contribution in [2.24, 2.45) is 0 Å². The highest BCUT2D eigenvalue weighted by Gasteiger charge is 1.96. The van der Waals surface area contributed by atoms with Crippen molar-refractivity contribution >= 4 is 5.97 Å². The van der Waals surface area contributed by atoms with Crippen LogP contribution < -0.4 is 0 Å². The van der Waals surface area contributed by atoms with Gasteiger partial charge in [0.15, 0.2) is 0 Å². The first kappa shape index (κ1) is 17.0. The lowest BCUT2D eigenvalue weighted by molar-refractivity contribution is -0.136. The summed E-state index contributed by atoms with van der Waals surface area (Å²) in [4.78, 5) is 10.9. The van der Waals surface area contributed by atoms with Gasteiger partial charge >= 0.3 is 5.97 Å². The van der Waals surface area contributed by atoms with Gasteiger partial charge < -0.3 is 4.74 Å². The molecule has 2 heteroatoms. The third kappa shape index (κ3) is 13.1. The molecule has 0 amide bonds. The smallest absolute Gasteiger partial charge is 0.384 e. The van der Waals surface area contributed by atoms with E-state index < -0.39 is 5.97 Å². The second-order valence-corrected chi connectivity index (χ2v) is 4.69. The fraction of sp³-hybridized carbons (Fsp3) is 0.812. The standard InChI is InChI=1S/C16H28O2/c1-3-5-6-7-8-9-10-11-12-13-15-18-16(17)14-4-2/h3,5-13,15H2,1-2H3. The summed E-state index contributed by atoms with van der Waals surface area (Å²) in [5.41, 5.74) is 0. The zero-order valence-electron chi connectivity index (χ0n) is 12.1. The summed E-state index contributed by atoms with van der Waals surface area (Å²) in [6.45, 7) is 4.41. The molecule has 0 N–H and O–H groups in total. The van der Waals surface area contributed by atoms with E-state index in [1.807, 2.05) is 0 Å². The first-order valence-electron chi connectivity index (χ1n) is 7.40. The highest BCUT2D eigenvalue weighted by molar-refractivity contribution is 5.88. The fourth-order valence-electron chi connectivity index (χ4n) is 1.89. The Hall–Kier alpha value is -0.970. The van der Waals surface area contributed by atoms with E-state index in [1.54, 1.807) is 6.92 Å². The summed E-state index contributed by atoms with van der Waals surface area (Å²) >= 11 is 0. The summed E-state index contributed by atoms with van der Waals surface area (Å²) < 4.78 is 4.94. The molecule has 0 radical (unpaired) electrons. The average Bonchev–Trinajstić information content (AvgIpc) is 2.36.